The number of amides is 3. The molecule has 6 aromatic carbocycles. The van der Waals surface area contributed by atoms with Crippen molar-refractivity contribution in [3.63, 3.8) is 0 Å². The van der Waals surface area contributed by atoms with E-state index >= 15 is 0 Å². The van der Waals surface area contributed by atoms with Gasteiger partial charge in [-0.2, -0.15) is 0 Å². The van der Waals surface area contributed by atoms with E-state index in [-0.39, 0.29) is 25.2 Å². The van der Waals surface area contributed by atoms with E-state index in [2.05, 4.69) is 29.6 Å². The molecule has 348 valence electrons. The Hall–Kier alpha value is -7.24. The monoisotopic (exact) mass is 902 g/mol. The third kappa shape index (κ3) is 14.1. The van der Waals surface area contributed by atoms with Crippen LogP contribution in [0.5, 0.6) is 0 Å². The molecule has 0 atom stereocenters. The molecule has 8 rings (SSSR count). The van der Waals surface area contributed by atoms with E-state index in [1.165, 1.54) is 11.1 Å². The molecule has 2 aliphatic heterocycles. The van der Waals surface area contributed by atoms with Crippen LogP contribution in [0.2, 0.25) is 0 Å². The summed E-state index contributed by atoms with van der Waals surface area (Å²) in [6, 6.07) is 58.7. The van der Waals surface area contributed by atoms with Gasteiger partial charge in [0.15, 0.2) is 0 Å². The average molecular weight is 903 g/mol. The number of likely N-dealkylation sites (tertiary alicyclic amines) is 2. The van der Waals surface area contributed by atoms with Crippen molar-refractivity contribution in [3.8, 4) is 0 Å². The summed E-state index contributed by atoms with van der Waals surface area (Å²) in [5.41, 5.74) is 9.98. The number of nitrogens with zero attached hydrogens (tertiary/aromatic N) is 2. The number of hydrogen-bond acceptors (Lipinski definition) is 7. The van der Waals surface area contributed by atoms with Gasteiger partial charge in [0.05, 0.1) is 10.8 Å². The standard InChI is InChI=1S/C28H30N2O3.C20H21NO4.C8H11N/c31-26(29-19-16-23-10-4-1-5-11-23)28(25-14-8-3-9-15-25)17-20-30(21-18-28)27(32)33-22-24-12-6-2-7-13-24;22-18(23)20(17-9-5-2-6-10-17)11-13-21(14-12-20)19(24)25-15-16-7-3-1-4-8-16;9-7-6-8-4-2-1-3-5-8/h1-15H,16-22H2,(H,29,31);1-10H,11-15H2,(H,22,23);1-5H,6-7,9H2. The van der Waals surface area contributed by atoms with Gasteiger partial charge >= 0.3 is 18.2 Å². The third-order valence-corrected chi connectivity index (χ3v) is 12.5. The van der Waals surface area contributed by atoms with Crippen LogP contribution in [0.15, 0.2) is 182 Å². The fourth-order valence-electron chi connectivity index (χ4n) is 8.50. The molecule has 2 fully saturated rings. The minimum absolute atomic E-state index is 0.0296. The maximum atomic E-state index is 13.5. The third-order valence-electron chi connectivity index (χ3n) is 12.5. The molecular weight excluding hydrogens is 841 g/mol. The molecule has 6 aromatic rings. The first-order valence-electron chi connectivity index (χ1n) is 23.0. The van der Waals surface area contributed by atoms with E-state index in [4.69, 9.17) is 15.2 Å². The lowest BCUT2D eigenvalue weighted by molar-refractivity contribution is -0.145. The number of piperidine rings is 2. The van der Waals surface area contributed by atoms with E-state index in [1.54, 1.807) is 9.80 Å². The summed E-state index contributed by atoms with van der Waals surface area (Å²) in [6.07, 6.45) is 2.94. The highest BCUT2D eigenvalue weighted by Crippen LogP contribution is 2.37. The van der Waals surface area contributed by atoms with Crippen LogP contribution in [-0.4, -0.2) is 78.2 Å². The van der Waals surface area contributed by atoms with Gasteiger partial charge in [-0.05, 0) is 78.5 Å². The van der Waals surface area contributed by atoms with Crippen LogP contribution in [0.3, 0.4) is 0 Å². The number of aliphatic carboxylic acids is 1. The Morgan fingerprint density at radius 1 is 0.478 bits per heavy atom. The van der Waals surface area contributed by atoms with E-state index in [0.29, 0.717) is 58.4 Å². The number of benzene rings is 6. The predicted octanol–water partition coefficient (Wildman–Crippen LogP) is 9.35. The van der Waals surface area contributed by atoms with Crippen LogP contribution in [0, 0.1) is 0 Å². The summed E-state index contributed by atoms with van der Waals surface area (Å²) in [4.78, 5) is 53.5. The number of ether oxygens (including phenoxy) is 2. The van der Waals surface area contributed by atoms with Crippen LogP contribution >= 0.6 is 0 Å². The van der Waals surface area contributed by atoms with Crippen LogP contribution < -0.4 is 11.1 Å². The number of hydrogen-bond donors (Lipinski definition) is 3. The maximum Gasteiger partial charge on any atom is 0.410 e. The lowest BCUT2D eigenvalue weighted by Crippen LogP contribution is -2.53. The number of nitrogens with one attached hydrogen (secondary N) is 1. The largest absolute Gasteiger partial charge is 0.481 e. The average Bonchev–Trinajstić information content (AvgIpc) is 3.39. The van der Waals surface area contributed by atoms with E-state index in [1.807, 2.05) is 158 Å². The molecule has 11 nitrogen and oxygen atoms in total. The Labute approximate surface area is 394 Å². The maximum absolute atomic E-state index is 13.5. The minimum Gasteiger partial charge on any atom is -0.481 e. The second kappa shape index (κ2) is 25.5. The highest BCUT2D eigenvalue weighted by Gasteiger charge is 2.45. The summed E-state index contributed by atoms with van der Waals surface area (Å²) in [5.74, 6) is -0.807. The summed E-state index contributed by atoms with van der Waals surface area (Å²) >= 11 is 0. The fourth-order valence-corrected chi connectivity index (χ4v) is 8.50. The molecule has 3 amide bonds. The van der Waals surface area contributed by atoms with Gasteiger partial charge in [0.25, 0.3) is 0 Å². The van der Waals surface area contributed by atoms with E-state index in [9.17, 15) is 24.3 Å². The van der Waals surface area contributed by atoms with Crippen LogP contribution in [-0.2, 0) is 55.9 Å². The van der Waals surface area contributed by atoms with Crippen molar-refractivity contribution >= 4 is 24.1 Å². The lowest BCUT2D eigenvalue weighted by atomic mass is 9.72. The highest BCUT2D eigenvalue weighted by atomic mass is 16.6. The first-order valence-corrected chi connectivity index (χ1v) is 23.0. The van der Waals surface area contributed by atoms with Crippen molar-refractivity contribution < 1.29 is 33.8 Å². The Morgan fingerprint density at radius 3 is 1.18 bits per heavy atom. The quantitative estimate of drug-likeness (QED) is 0.104. The Morgan fingerprint density at radius 2 is 0.806 bits per heavy atom. The van der Waals surface area contributed by atoms with Crippen LogP contribution in [0.25, 0.3) is 0 Å². The number of carbonyl (C=O) groups excluding carboxylic acids is 3. The molecule has 2 heterocycles. The van der Waals surface area contributed by atoms with Gasteiger partial charge in [0, 0.05) is 32.7 Å². The van der Waals surface area contributed by atoms with Crippen molar-refractivity contribution in [2.75, 3.05) is 39.3 Å². The molecule has 4 N–H and O–H groups in total. The zero-order valence-corrected chi connectivity index (χ0v) is 38.1. The van der Waals surface area contributed by atoms with Crippen molar-refractivity contribution in [2.45, 2.75) is 62.6 Å². The molecule has 11 heteroatoms. The first kappa shape index (κ1) is 49.2. The number of rotatable bonds is 13. The SMILES string of the molecule is NCCc1ccccc1.O=C(OCc1ccccc1)N1CCC(C(=O)NCCc2ccccc2)(c2ccccc2)CC1.O=C(OCc1ccccc1)N1CCC(C(=O)O)(c2ccccc2)CC1. The summed E-state index contributed by atoms with van der Waals surface area (Å²) in [7, 11) is 0. The normalized spacial score (nSPS) is 14.7. The van der Waals surface area contributed by atoms with Crippen LogP contribution in [0.4, 0.5) is 9.59 Å². The Bertz CT molecular complexity index is 2390. The minimum atomic E-state index is -0.933. The molecule has 0 spiro atoms. The molecule has 0 bridgehead atoms. The molecule has 0 aromatic heterocycles. The number of carboxylic acids is 1. The molecule has 0 saturated carbocycles. The fraction of sp³-hybridized carbons (Fsp3) is 0.286. The van der Waals surface area contributed by atoms with E-state index in [0.717, 1.165) is 41.6 Å². The molecule has 2 saturated heterocycles. The molecule has 0 radical (unpaired) electrons. The van der Waals surface area contributed by atoms with Crippen molar-refractivity contribution in [2.24, 2.45) is 5.73 Å². The van der Waals surface area contributed by atoms with Gasteiger partial charge in [0.1, 0.15) is 13.2 Å². The lowest BCUT2D eigenvalue weighted by Gasteiger charge is -2.40. The Balaban J connectivity index is 0.000000191. The van der Waals surface area contributed by atoms with Gasteiger partial charge < -0.3 is 35.4 Å². The second-order valence-corrected chi connectivity index (χ2v) is 16.8. The van der Waals surface area contributed by atoms with Crippen molar-refractivity contribution in [1.82, 2.24) is 15.1 Å². The number of carbonyl (C=O) groups is 4. The van der Waals surface area contributed by atoms with Gasteiger partial charge in [0.2, 0.25) is 5.91 Å². The summed E-state index contributed by atoms with van der Waals surface area (Å²) in [5, 5.41) is 12.9. The van der Waals surface area contributed by atoms with Gasteiger partial charge in [-0.15, -0.1) is 0 Å². The molecule has 2 aliphatic rings. The molecular formula is C56H62N4O7. The summed E-state index contributed by atoms with van der Waals surface area (Å²) in [6.45, 7) is 3.50. The molecule has 67 heavy (non-hydrogen) atoms. The van der Waals surface area contributed by atoms with Gasteiger partial charge in [-0.25, -0.2) is 9.59 Å². The first-order chi connectivity index (χ1) is 32.7. The van der Waals surface area contributed by atoms with Crippen molar-refractivity contribution in [1.29, 1.82) is 0 Å². The second-order valence-electron chi connectivity index (χ2n) is 16.8. The van der Waals surface area contributed by atoms with Gasteiger partial charge in [-0.3, -0.25) is 9.59 Å². The number of nitrogens with two attached hydrogens (primary N) is 1. The predicted molar refractivity (Wildman–Crippen MR) is 261 cm³/mol. The number of carboxylic acid groups (broad SMARTS) is 1. The van der Waals surface area contributed by atoms with Crippen molar-refractivity contribution in [3.05, 3.63) is 215 Å². The van der Waals surface area contributed by atoms with E-state index < -0.39 is 22.9 Å². The van der Waals surface area contributed by atoms with Gasteiger partial charge in [-0.1, -0.05) is 182 Å². The zero-order valence-electron chi connectivity index (χ0n) is 38.1. The smallest absolute Gasteiger partial charge is 0.410 e. The van der Waals surface area contributed by atoms with Crippen LogP contribution in [0.1, 0.15) is 59.1 Å². The summed E-state index contributed by atoms with van der Waals surface area (Å²) < 4.78 is 10.8. The topological polar surface area (TPSA) is 152 Å². The molecule has 0 unspecified atom stereocenters. The highest BCUT2D eigenvalue weighted by molar-refractivity contribution is 5.88. The molecule has 0 aliphatic carbocycles. The Kier molecular flexibility index (Phi) is 18.7. The zero-order chi connectivity index (χ0) is 47.2.